The number of nitrogens with zero attached hydrogens (tertiary/aromatic N) is 2. The van der Waals surface area contributed by atoms with E-state index in [0.717, 1.165) is 5.56 Å². The number of hydrogen-bond acceptors (Lipinski definition) is 4. The standard InChI is InChI=1S/C17H18N4O3/c22-15-11-24-14-10-21(16(23)12-8-18-19-9-12)7-6-17(14,20-15)13-4-2-1-3-5-13/h1-5,8-9,14H,6-7,10-11H2,(H,18,19)(H,20,22)/t14-,17+/m1/s1. The van der Waals surface area contributed by atoms with Gasteiger partial charge in [0.15, 0.2) is 0 Å². The molecule has 24 heavy (non-hydrogen) atoms. The molecule has 2 fully saturated rings. The second-order valence-corrected chi connectivity index (χ2v) is 6.17. The van der Waals surface area contributed by atoms with Gasteiger partial charge >= 0.3 is 0 Å². The van der Waals surface area contributed by atoms with Crippen LogP contribution in [0.25, 0.3) is 0 Å². The lowest BCUT2D eigenvalue weighted by molar-refractivity contribution is -0.150. The van der Waals surface area contributed by atoms with E-state index in [9.17, 15) is 9.59 Å². The molecule has 2 aliphatic rings. The van der Waals surface area contributed by atoms with Crippen molar-refractivity contribution in [2.75, 3.05) is 19.7 Å². The Morgan fingerprint density at radius 3 is 2.92 bits per heavy atom. The van der Waals surface area contributed by atoms with Crippen molar-refractivity contribution in [2.45, 2.75) is 18.1 Å². The third-order valence-corrected chi connectivity index (χ3v) is 4.81. The van der Waals surface area contributed by atoms with E-state index in [1.165, 1.54) is 6.20 Å². The van der Waals surface area contributed by atoms with Crippen molar-refractivity contribution in [3.8, 4) is 0 Å². The number of ether oxygens (including phenoxy) is 1. The van der Waals surface area contributed by atoms with Gasteiger partial charge in [0.2, 0.25) is 5.91 Å². The summed E-state index contributed by atoms with van der Waals surface area (Å²) in [5, 5.41) is 9.61. The number of piperidine rings is 1. The van der Waals surface area contributed by atoms with Crippen LogP contribution in [0.5, 0.6) is 0 Å². The highest BCUT2D eigenvalue weighted by atomic mass is 16.5. The summed E-state index contributed by atoms with van der Waals surface area (Å²) >= 11 is 0. The predicted octanol–water partition coefficient (Wildman–Crippen LogP) is 0.666. The number of fused-ring (bicyclic) bond motifs is 1. The Hall–Kier alpha value is -2.67. The maximum Gasteiger partial charge on any atom is 0.257 e. The summed E-state index contributed by atoms with van der Waals surface area (Å²) in [5.41, 5.74) is 0.963. The molecule has 124 valence electrons. The monoisotopic (exact) mass is 326 g/mol. The molecule has 0 aliphatic carbocycles. The molecular formula is C17H18N4O3. The summed E-state index contributed by atoms with van der Waals surface area (Å²) in [5.74, 6) is -0.198. The van der Waals surface area contributed by atoms with Crippen LogP contribution >= 0.6 is 0 Å². The first kappa shape index (κ1) is 14.9. The molecule has 1 aromatic carbocycles. The van der Waals surface area contributed by atoms with Crippen LogP contribution in [0.1, 0.15) is 22.3 Å². The average Bonchev–Trinajstić information content (AvgIpc) is 3.16. The first-order valence-corrected chi connectivity index (χ1v) is 7.95. The van der Waals surface area contributed by atoms with Gasteiger partial charge in [0, 0.05) is 19.3 Å². The van der Waals surface area contributed by atoms with Gasteiger partial charge in [0.25, 0.3) is 5.91 Å². The van der Waals surface area contributed by atoms with Gasteiger partial charge in [-0.05, 0) is 12.0 Å². The molecule has 3 heterocycles. The van der Waals surface area contributed by atoms with Gasteiger partial charge < -0.3 is 15.0 Å². The maximum atomic E-state index is 12.6. The molecule has 4 rings (SSSR count). The maximum absolute atomic E-state index is 12.6. The quantitative estimate of drug-likeness (QED) is 0.849. The lowest BCUT2D eigenvalue weighted by atomic mass is 9.77. The Morgan fingerprint density at radius 1 is 1.33 bits per heavy atom. The minimum atomic E-state index is -0.580. The summed E-state index contributed by atoms with van der Waals surface area (Å²) < 4.78 is 5.82. The molecule has 0 spiro atoms. The number of morpholine rings is 1. The normalized spacial score (nSPS) is 26.6. The molecule has 2 saturated heterocycles. The Morgan fingerprint density at radius 2 is 2.17 bits per heavy atom. The molecule has 2 aromatic rings. The van der Waals surface area contributed by atoms with Crippen molar-refractivity contribution in [3.05, 3.63) is 53.9 Å². The van der Waals surface area contributed by atoms with E-state index in [2.05, 4.69) is 15.5 Å². The predicted molar refractivity (Wildman–Crippen MR) is 85.1 cm³/mol. The molecular weight excluding hydrogens is 308 g/mol. The fraction of sp³-hybridized carbons (Fsp3) is 0.353. The number of nitrogens with one attached hydrogen (secondary N) is 2. The van der Waals surface area contributed by atoms with E-state index in [1.807, 2.05) is 30.3 Å². The third kappa shape index (κ3) is 2.37. The van der Waals surface area contributed by atoms with E-state index < -0.39 is 5.54 Å². The summed E-state index contributed by atoms with van der Waals surface area (Å²) in [7, 11) is 0. The highest BCUT2D eigenvalue weighted by molar-refractivity contribution is 5.93. The molecule has 2 atom stereocenters. The zero-order chi connectivity index (χ0) is 16.6. The van der Waals surface area contributed by atoms with E-state index in [-0.39, 0.29) is 24.5 Å². The van der Waals surface area contributed by atoms with Gasteiger partial charge in [-0.15, -0.1) is 0 Å². The van der Waals surface area contributed by atoms with Crippen LogP contribution in [-0.2, 0) is 15.1 Å². The van der Waals surface area contributed by atoms with Gasteiger partial charge in [0.1, 0.15) is 12.7 Å². The second kappa shape index (κ2) is 5.76. The number of carbonyl (C=O) groups excluding carboxylic acids is 2. The van der Waals surface area contributed by atoms with Gasteiger partial charge in [-0.25, -0.2) is 0 Å². The number of benzene rings is 1. The lowest BCUT2D eigenvalue weighted by Gasteiger charge is -2.50. The Bertz CT molecular complexity index is 746. The first-order valence-electron chi connectivity index (χ1n) is 7.95. The lowest BCUT2D eigenvalue weighted by Crippen LogP contribution is -2.67. The number of likely N-dealkylation sites (tertiary alicyclic amines) is 1. The minimum Gasteiger partial charge on any atom is -0.364 e. The Balaban J connectivity index is 1.63. The number of amides is 2. The number of aromatic amines is 1. The number of rotatable bonds is 2. The van der Waals surface area contributed by atoms with E-state index in [1.54, 1.807) is 11.1 Å². The number of carbonyl (C=O) groups is 2. The van der Waals surface area contributed by atoms with E-state index >= 15 is 0 Å². The van der Waals surface area contributed by atoms with Crippen LogP contribution in [-0.4, -0.2) is 52.7 Å². The van der Waals surface area contributed by atoms with Crippen LogP contribution < -0.4 is 5.32 Å². The summed E-state index contributed by atoms with van der Waals surface area (Å²) in [6, 6.07) is 9.83. The van der Waals surface area contributed by atoms with E-state index in [4.69, 9.17) is 4.74 Å². The molecule has 1 aromatic heterocycles. The van der Waals surface area contributed by atoms with Crippen molar-refractivity contribution < 1.29 is 14.3 Å². The highest BCUT2D eigenvalue weighted by Crippen LogP contribution is 2.37. The van der Waals surface area contributed by atoms with Gasteiger partial charge in [-0.2, -0.15) is 5.10 Å². The van der Waals surface area contributed by atoms with Crippen LogP contribution in [0.4, 0.5) is 0 Å². The smallest absolute Gasteiger partial charge is 0.257 e. The minimum absolute atomic E-state index is 0.0208. The largest absolute Gasteiger partial charge is 0.364 e. The zero-order valence-corrected chi connectivity index (χ0v) is 13.1. The Kier molecular flexibility index (Phi) is 3.57. The molecule has 7 heteroatoms. The average molecular weight is 326 g/mol. The second-order valence-electron chi connectivity index (χ2n) is 6.17. The molecule has 0 bridgehead atoms. The number of aromatic nitrogens is 2. The molecule has 0 radical (unpaired) electrons. The summed E-state index contributed by atoms with van der Waals surface area (Å²) in [6.07, 6.45) is 3.44. The van der Waals surface area contributed by atoms with Crippen LogP contribution in [0.15, 0.2) is 42.7 Å². The van der Waals surface area contributed by atoms with Gasteiger partial charge in [-0.3, -0.25) is 14.7 Å². The van der Waals surface area contributed by atoms with Crippen molar-refractivity contribution in [1.29, 1.82) is 0 Å². The topological polar surface area (TPSA) is 87.3 Å². The van der Waals surface area contributed by atoms with Gasteiger partial charge in [-0.1, -0.05) is 30.3 Å². The molecule has 2 N–H and O–H groups in total. The summed E-state index contributed by atoms with van der Waals surface area (Å²) in [6.45, 7) is 0.991. The van der Waals surface area contributed by atoms with Crippen LogP contribution in [0.3, 0.4) is 0 Å². The van der Waals surface area contributed by atoms with Crippen molar-refractivity contribution in [1.82, 2.24) is 20.4 Å². The van der Waals surface area contributed by atoms with Crippen LogP contribution in [0.2, 0.25) is 0 Å². The molecule has 7 nitrogen and oxygen atoms in total. The summed E-state index contributed by atoms with van der Waals surface area (Å²) in [4.78, 5) is 26.3. The zero-order valence-electron chi connectivity index (χ0n) is 13.1. The van der Waals surface area contributed by atoms with Crippen LogP contribution in [0, 0.1) is 0 Å². The molecule has 0 unspecified atom stereocenters. The van der Waals surface area contributed by atoms with Crippen molar-refractivity contribution in [3.63, 3.8) is 0 Å². The van der Waals surface area contributed by atoms with E-state index in [0.29, 0.717) is 25.1 Å². The Labute approximate surface area is 139 Å². The SMILES string of the molecule is O=C1CO[C@@H]2CN(C(=O)c3cn[nH]c3)CC[C@@]2(c2ccccc2)N1. The first-order chi connectivity index (χ1) is 11.7. The molecule has 2 amide bonds. The molecule has 2 aliphatic heterocycles. The fourth-order valence-corrected chi connectivity index (χ4v) is 3.59. The molecule has 0 saturated carbocycles. The van der Waals surface area contributed by atoms with Crippen molar-refractivity contribution in [2.24, 2.45) is 0 Å². The number of H-pyrrole nitrogens is 1. The van der Waals surface area contributed by atoms with Gasteiger partial charge in [0.05, 0.1) is 17.3 Å². The fourth-order valence-electron chi connectivity index (χ4n) is 3.59. The number of hydrogen-bond donors (Lipinski definition) is 2. The highest BCUT2D eigenvalue weighted by Gasteiger charge is 2.49. The third-order valence-electron chi connectivity index (χ3n) is 4.81. The van der Waals surface area contributed by atoms with Crippen molar-refractivity contribution >= 4 is 11.8 Å².